The van der Waals surface area contributed by atoms with Crippen LogP contribution in [0.2, 0.25) is 0 Å². The van der Waals surface area contributed by atoms with Crippen molar-refractivity contribution in [1.82, 2.24) is 0 Å². The highest BCUT2D eigenvalue weighted by molar-refractivity contribution is 5.43. The maximum atomic E-state index is 11.2. The maximum Gasteiger partial charge on any atom is 0.0915 e. The molecule has 0 saturated carbocycles. The molecule has 0 aliphatic rings. The standard InChI is InChI=1S/C20H27NO/c1-3-4-15-20(22,18-11-7-5-8-12-18)16-17(2)21-19-13-9-6-10-14-19/h5-14,17,21-22H,3-4,15-16H2,1-2H3/t17-,20+/m1/s1. The number of nitrogens with one attached hydrogen (secondary N) is 1. The highest BCUT2D eigenvalue weighted by atomic mass is 16.3. The largest absolute Gasteiger partial charge is 0.385 e. The Kier molecular flexibility index (Phi) is 6.02. The van der Waals surface area contributed by atoms with Crippen LogP contribution in [0, 0.1) is 0 Å². The Hall–Kier alpha value is -1.80. The van der Waals surface area contributed by atoms with Gasteiger partial charge in [0, 0.05) is 18.2 Å². The van der Waals surface area contributed by atoms with E-state index in [-0.39, 0.29) is 6.04 Å². The predicted molar refractivity (Wildman–Crippen MR) is 94.0 cm³/mol. The van der Waals surface area contributed by atoms with Crippen LogP contribution in [-0.4, -0.2) is 11.1 Å². The average molecular weight is 297 g/mol. The first kappa shape index (κ1) is 16.6. The first-order valence-corrected chi connectivity index (χ1v) is 8.23. The number of anilines is 1. The zero-order valence-corrected chi connectivity index (χ0v) is 13.6. The van der Waals surface area contributed by atoms with Gasteiger partial charge in [-0.3, -0.25) is 0 Å². The molecule has 0 fully saturated rings. The number of hydrogen-bond acceptors (Lipinski definition) is 2. The van der Waals surface area contributed by atoms with Gasteiger partial charge in [0.25, 0.3) is 0 Å². The fourth-order valence-corrected chi connectivity index (χ4v) is 2.96. The lowest BCUT2D eigenvalue weighted by atomic mass is 9.83. The molecule has 0 unspecified atom stereocenters. The first-order valence-electron chi connectivity index (χ1n) is 8.23. The van der Waals surface area contributed by atoms with E-state index in [1.165, 1.54) is 0 Å². The summed E-state index contributed by atoms with van der Waals surface area (Å²) in [5, 5.41) is 14.7. The summed E-state index contributed by atoms with van der Waals surface area (Å²) in [4.78, 5) is 0. The SMILES string of the molecule is CCCC[C@](O)(C[C@@H](C)Nc1ccccc1)c1ccccc1. The molecule has 2 heteroatoms. The summed E-state index contributed by atoms with van der Waals surface area (Å²) in [6.45, 7) is 4.30. The molecule has 0 radical (unpaired) electrons. The summed E-state index contributed by atoms with van der Waals surface area (Å²) in [6.07, 6.45) is 3.62. The van der Waals surface area contributed by atoms with E-state index >= 15 is 0 Å². The van der Waals surface area contributed by atoms with Crippen LogP contribution >= 0.6 is 0 Å². The second-order valence-corrected chi connectivity index (χ2v) is 6.12. The lowest BCUT2D eigenvalue weighted by Gasteiger charge is -2.32. The maximum absolute atomic E-state index is 11.2. The van der Waals surface area contributed by atoms with Gasteiger partial charge in [0.2, 0.25) is 0 Å². The predicted octanol–water partition coefficient (Wildman–Crippen LogP) is 4.96. The molecule has 0 heterocycles. The van der Waals surface area contributed by atoms with Gasteiger partial charge < -0.3 is 10.4 Å². The van der Waals surface area contributed by atoms with Crippen molar-refractivity contribution in [3.8, 4) is 0 Å². The minimum atomic E-state index is -0.765. The van der Waals surface area contributed by atoms with Crippen LogP contribution in [0.4, 0.5) is 5.69 Å². The molecule has 0 saturated heterocycles. The molecule has 2 aromatic rings. The van der Waals surface area contributed by atoms with Crippen molar-refractivity contribution in [2.24, 2.45) is 0 Å². The number of rotatable bonds is 8. The number of hydrogen-bond donors (Lipinski definition) is 2. The number of aliphatic hydroxyl groups is 1. The number of para-hydroxylation sites is 1. The van der Waals surface area contributed by atoms with Crippen molar-refractivity contribution in [3.05, 3.63) is 66.2 Å². The van der Waals surface area contributed by atoms with E-state index in [9.17, 15) is 5.11 Å². The fourth-order valence-electron chi connectivity index (χ4n) is 2.96. The highest BCUT2D eigenvalue weighted by Gasteiger charge is 2.30. The molecule has 2 aromatic carbocycles. The normalized spacial score (nSPS) is 15.0. The van der Waals surface area contributed by atoms with Crippen molar-refractivity contribution < 1.29 is 5.11 Å². The van der Waals surface area contributed by atoms with Crippen molar-refractivity contribution in [2.45, 2.75) is 51.2 Å². The third kappa shape index (κ3) is 4.60. The van der Waals surface area contributed by atoms with E-state index in [1.54, 1.807) is 0 Å². The molecule has 2 N–H and O–H groups in total. The van der Waals surface area contributed by atoms with Gasteiger partial charge in [0.15, 0.2) is 0 Å². The Morgan fingerprint density at radius 1 is 1.00 bits per heavy atom. The molecular formula is C20H27NO. The molecule has 0 aromatic heterocycles. The summed E-state index contributed by atoms with van der Waals surface area (Å²) in [5.74, 6) is 0. The highest BCUT2D eigenvalue weighted by Crippen LogP contribution is 2.32. The molecule has 0 spiro atoms. The van der Waals surface area contributed by atoms with Crippen LogP contribution < -0.4 is 5.32 Å². The summed E-state index contributed by atoms with van der Waals surface area (Å²) in [6, 6.07) is 20.4. The molecule has 2 atom stereocenters. The van der Waals surface area contributed by atoms with E-state index in [0.29, 0.717) is 6.42 Å². The molecule has 2 rings (SSSR count). The molecule has 0 aliphatic heterocycles. The van der Waals surface area contributed by atoms with Crippen LogP contribution in [-0.2, 0) is 5.60 Å². The van der Waals surface area contributed by atoms with Crippen molar-refractivity contribution in [1.29, 1.82) is 0 Å². The van der Waals surface area contributed by atoms with Crippen LogP contribution in [0.1, 0.15) is 45.1 Å². The van der Waals surface area contributed by atoms with E-state index < -0.39 is 5.60 Å². The van der Waals surface area contributed by atoms with Crippen LogP contribution in [0.25, 0.3) is 0 Å². The molecule has 2 nitrogen and oxygen atoms in total. The Bertz CT molecular complexity index is 540. The minimum Gasteiger partial charge on any atom is -0.385 e. The molecule has 0 amide bonds. The van der Waals surface area contributed by atoms with Crippen LogP contribution in [0.3, 0.4) is 0 Å². The second-order valence-electron chi connectivity index (χ2n) is 6.12. The number of benzene rings is 2. The van der Waals surface area contributed by atoms with Gasteiger partial charge in [-0.05, 0) is 31.0 Å². The smallest absolute Gasteiger partial charge is 0.0915 e. The van der Waals surface area contributed by atoms with E-state index in [4.69, 9.17) is 0 Å². The second kappa shape index (κ2) is 8.00. The van der Waals surface area contributed by atoms with Crippen molar-refractivity contribution in [3.63, 3.8) is 0 Å². The van der Waals surface area contributed by atoms with Gasteiger partial charge in [0.1, 0.15) is 0 Å². The van der Waals surface area contributed by atoms with Gasteiger partial charge in [-0.15, -0.1) is 0 Å². The van der Waals surface area contributed by atoms with E-state index in [0.717, 1.165) is 30.5 Å². The lowest BCUT2D eigenvalue weighted by molar-refractivity contribution is 0.0130. The fraction of sp³-hybridized carbons (Fsp3) is 0.400. The third-order valence-electron chi connectivity index (χ3n) is 4.09. The summed E-state index contributed by atoms with van der Waals surface area (Å²) in [7, 11) is 0. The molecule has 0 bridgehead atoms. The Balaban J connectivity index is 2.09. The van der Waals surface area contributed by atoms with Crippen LogP contribution in [0.15, 0.2) is 60.7 Å². The lowest BCUT2D eigenvalue weighted by Crippen LogP contribution is -2.33. The van der Waals surface area contributed by atoms with E-state index in [1.807, 2.05) is 48.5 Å². The quantitative estimate of drug-likeness (QED) is 0.722. The van der Waals surface area contributed by atoms with Crippen LogP contribution in [0.5, 0.6) is 0 Å². The van der Waals surface area contributed by atoms with Gasteiger partial charge in [-0.1, -0.05) is 68.3 Å². The molecule has 0 aliphatic carbocycles. The van der Waals surface area contributed by atoms with Gasteiger partial charge >= 0.3 is 0 Å². The summed E-state index contributed by atoms with van der Waals surface area (Å²) < 4.78 is 0. The third-order valence-corrected chi connectivity index (χ3v) is 4.09. The summed E-state index contributed by atoms with van der Waals surface area (Å²) >= 11 is 0. The monoisotopic (exact) mass is 297 g/mol. The van der Waals surface area contributed by atoms with Crippen molar-refractivity contribution in [2.75, 3.05) is 5.32 Å². The van der Waals surface area contributed by atoms with Gasteiger partial charge in [0.05, 0.1) is 5.60 Å². The van der Waals surface area contributed by atoms with E-state index in [2.05, 4.69) is 31.3 Å². The first-order chi connectivity index (χ1) is 10.6. The topological polar surface area (TPSA) is 32.3 Å². The molecular weight excluding hydrogens is 270 g/mol. The average Bonchev–Trinajstić information content (AvgIpc) is 2.54. The zero-order chi connectivity index (χ0) is 15.8. The van der Waals surface area contributed by atoms with Gasteiger partial charge in [-0.25, -0.2) is 0 Å². The summed E-state index contributed by atoms with van der Waals surface area (Å²) in [5.41, 5.74) is 1.35. The Morgan fingerprint density at radius 3 is 2.18 bits per heavy atom. The minimum absolute atomic E-state index is 0.199. The molecule has 22 heavy (non-hydrogen) atoms. The molecule has 118 valence electrons. The van der Waals surface area contributed by atoms with Crippen molar-refractivity contribution >= 4 is 5.69 Å². The number of unbranched alkanes of at least 4 members (excludes halogenated alkanes) is 1. The zero-order valence-electron chi connectivity index (χ0n) is 13.6. The Morgan fingerprint density at radius 2 is 1.59 bits per heavy atom. The van der Waals surface area contributed by atoms with Gasteiger partial charge in [-0.2, -0.15) is 0 Å². The Labute approximate surface area is 134 Å².